The maximum absolute atomic E-state index is 4.69. The van der Waals surface area contributed by atoms with Gasteiger partial charge in [0.25, 0.3) is 0 Å². The standard InChI is InChI=1S/C22H22N6/c1-3-12-23-18-9-10-19-20(14-18)28(15-25-19)21-11-13-24-22(27-21)26-16(2)17-7-5-4-6-8-17/h3-11,13-16,23H,1,12H2,2H3,(H,24,26,27). The van der Waals surface area contributed by atoms with Gasteiger partial charge in [-0.25, -0.2) is 9.97 Å². The van der Waals surface area contributed by atoms with Crippen LogP contribution in [0.1, 0.15) is 18.5 Å². The molecule has 4 rings (SSSR count). The summed E-state index contributed by atoms with van der Waals surface area (Å²) in [6.07, 6.45) is 5.38. The van der Waals surface area contributed by atoms with Gasteiger partial charge in [-0.15, -0.1) is 6.58 Å². The predicted octanol–water partition coefficient (Wildman–Crippen LogP) is 4.59. The van der Waals surface area contributed by atoms with Gasteiger partial charge in [-0.1, -0.05) is 36.4 Å². The monoisotopic (exact) mass is 370 g/mol. The molecule has 0 saturated carbocycles. The van der Waals surface area contributed by atoms with Gasteiger partial charge in [0.15, 0.2) is 0 Å². The predicted molar refractivity (Wildman–Crippen MR) is 114 cm³/mol. The van der Waals surface area contributed by atoms with Crippen molar-refractivity contribution in [2.24, 2.45) is 0 Å². The molecule has 6 nitrogen and oxygen atoms in total. The summed E-state index contributed by atoms with van der Waals surface area (Å²) < 4.78 is 1.97. The second-order valence-electron chi connectivity index (χ2n) is 6.50. The summed E-state index contributed by atoms with van der Waals surface area (Å²) in [7, 11) is 0. The van der Waals surface area contributed by atoms with Gasteiger partial charge < -0.3 is 10.6 Å². The normalized spacial score (nSPS) is 11.9. The van der Waals surface area contributed by atoms with Gasteiger partial charge in [-0.2, -0.15) is 4.98 Å². The number of anilines is 2. The summed E-state index contributed by atoms with van der Waals surface area (Å²) in [6, 6.07) is 18.3. The molecule has 2 aromatic carbocycles. The number of nitrogens with zero attached hydrogens (tertiary/aromatic N) is 4. The molecule has 6 heteroatoms. The van der Waals surface area contributed by atoms with E-state index in [1.807, 2.05) is 47.0 Å². The van der Waals surface area contributed by atoms with E-state index in [0.717, 1.165) is 22.5 Å². The van der Waals surface area contributed by atoms with Crippen molar-refractivity contribution >= 4 is 22.7 Å². The summed E-state index contributed by atoms with van der Waals surface area (Å²) in [4.78, 5) is 13.5. The third kappa shape index (κ3) is 3.71. The molecule has 28 heavy (non-hydrogen) atoms. The Bertz CT molecular complexity index is 1090. The van der Waals surface area contributed by atoms with E-state index in [1.54, 1.807) is 12.5 Å². The van der Waals surface area contributed by atoms with Crippen LogP contribution in [0.15, 0.2) is 79.8 Å². The number of hydrogen-bond acceptors (Lipinski definition) is 5. The smallest absolute Gasteiger partial charge is 0.225 e. The van der Waals surface area contributed by atoms with Gasteiger partial charge in [0, 0.05) is 18.4 Å². The molecule has 2 aromatic heterocycles. The Labute approximate surface area is 164 Å². The van der Waals surface area contributed by atoms with Crippen LogP contribution in [0, 0.1) is 0 Å². The molecule has 0 fully saturated rings. The van der Waals surface area contributed by atoms with E-state index in [-0.39, 0.29) is 6.04 Å². The summed E-state index contributed by atoms with van der Waals surface area (Å²) in [5.41, 5.74) is 4.09. The SMILES string of the molecule is C=CCNc1ccc2ncn(-c3ccnc(NC(C)c4ccccc4)n3)c2c1. The lowest BCUT2D eigenvalue weighted by Crippen LogP contribution is -2.10. The fraction of sp³-hybridized carbons (Fsp3) is 0.136. The number of hydrogen-bond donors (Lipinski definition) is 2. The second kappa shape index (κ2) is 7.92. The zero-order chi connectivity index (χ0) is 19.3. The molecule has 0 aliphatic heterocycles. The van der Waals surface area contributed by atoms with Gasteiger partial charge in [0.05, 0.1) is 17.1 Å². The number of nitrogens with one attached hydrogen (secondary N) is 2. The third-order valence-electron chi connectivity index (χ3n) is 4.53. The van der Waals surface area contributed by atoms with Crippen molar-refractivity contribution in [1.29, 1.82) is 0 Å². The Balaban J connectivity index is 1.63. The zero-order valence-corrected chi connectivity index (χ0v) is 15.7. The number of aromatic nitrogens is 4. The first-order valence-corrected chi connectivity index (χ1v) is 9.21. The molecule has 4 aromatic rings. The van der Waals surface area contributed by atoms with Crippen molar-refractivity contribution in [1.82, 2.24) is 19.5 Å². The fourth-order valence-electron chi connectivity index (χ4n) is 3.06. The quantitative estimate of drug-likeness (QED) is 0.466. The molecule has 2 heterocycles. The molecule has 0 radical (unpaired) electrons. The molecule has 0 amide bonds. The van der Waals surface area contributed by atoms with E-state index in [2.05, 4.69) is 57.3 Å². The molecule has 1 unspecified atom stereocenters. The number of imidazole rings is 1. The fourth-order valence-corrected chi connectivity index (χ4v) is 3.06. The maximum Gasteiger partial charge on any atom is 0.225 e. The Morgan fingerprint density at radius 1 is 1.11 bits per heavy atom. The Kier molecular flexibility index (Phi) is 5.01. The minimum Gasteiger partial charge on any atom is -0.382 e. The summed E-state index contributed by atoms with van der Waals surface area (Å²) in [5, 5.41) is 6.67. The molecule has 0 aliphatic rings. The molecule has 0 bridgehead atoms. The van der Waals surface area contributed by atoms with Crippen LogP contribution in [-0.2, 0) is 0 Å². The van der Waals surface area contributed by atoms with E-state index in [1.165, 1.54) is 5.56 Å². The van der Waals surface area contributed by atoms with Crippen LogP contribution in [0.4, 0.5) is 11.6 Å². The van der Waals surface area contributed by atoms with Crippen LogP contribution in [0.3, 0.4) is 0 Å². The van der Waals surface area contributed by atoms with Crippen molar-refractivity contribution in [3.8, 4) is 5.82 Å². The molecule has 140 valence electrons. The van der Waals surface area contributed by atoms with E-state index >= 15 is 0 Å². The highest BCUT2D eigenvalue weighted by Gasteiger charge is 2.10. The lowest BCUT2D eigenvalue weighted by molar-refractivity contribution is 0.854. The highest BCUT2D eigenvalue weighted by atomic mass is 15.2. The van der Waals surface area contributed by atoms with Crippen molar-refractivity contribution < 1.29 is 0 Å². The minimum atomic E-state index is 0.102. The van der Waals surface area contributed by atoms with Crippen LogP contribution in [0.2, 0.25) is 0 Å². The van der Waals surface area contributed by atoms with Crippen molar-refractivity contribution in [3.05, 3.63) is 85.3 Å². The van der Waals surface area contributed by atoms with Gasteiger partial charge in [0.1, 0.15) is 12.1 Å². The molecule has 1 atom stereocenters. The Hall–Kier alpha value is -3.67. The zero-order valence-electron chi connectivity index (χ0n) is 15.7. The highest BCUT2D eigenvalue weighted by Crippen LogP contribution is 2.22. The average Bonchev–Trinajstić information content (AvgIpc) is 3.16. The number of benzene rings is 2. The molecule has 2 N–H and O–H groups in total. The molecule has 0 aliphatic carbocycles. The second-order valence-corrected chi connectivity index (χ2v) is 6.50. The van der Waals surface area contributed by atoms with E-state index in [4.69, 9.17) is 0 Å². The number of fused-ring (bicyclic) bond motifs is 1. The van der Waals surface area contributed by atoms with Gasteiger partial charge in [-0.05, 0) is 36.8 Å². The summed E-state index contributed by atoms with van der Waals surface area (Å²) in [6.45, 7) is 6.54. The molecular weight excluding hydrogens is 348 g/mol. The van der Waals surface area contributed by atoms with Gasteiger partial charge in [-0.3, -0.25) is 4.57 Å². The van der Waals surface area contributed by atoms with E-state index in [9.17, 15) is 0 Å². The molecular formula is C22H22N6. The summed E-state index contributed by atoms with van der Waals surface area (Å²) in [5.74, 6) is 1.35. The molecule has 0 spiro atoms. The van der Waals surface area contributed by atoms with Crippen LogP contribution < -0.4 is 10.6 Å². The van der Waals surface area contributed by atoms with E-state index < -0.39 is 0 Å². The topological polar surface area (TPSA) is 67.7 Å². The largest absolute Gasteiger partial charge is 0.382 e. The van der Waals surface area contributed by atoms with Crippen LogP contribution in [-0.4, -0.2) is 26.1 Å². The third-order valence-corrected chi connectivity index (χ3v) is 4.53. The van der Waals surface area contributed by atoms with Crippen LogP contribution in [0.5, 0.6) is 0 Å². The van der Waals surface area contributed by atoms with Crippen LogP contribution in [0.25, 0.3) is 16.9 Å². The summed E-state index contributed by atoms with van der Waals surface area (Å²) >= 11 is 0. The van der Waals surface area contributed by atoms with E-state index in [0.29, 0.717) is 12.5 Å². The van der Waals surface area contributed by atoms with Crippen LogP contribution >= 0.6 is 0 Å². The van der Waals surface area contributed by atoms with Gasteiger partial charge >= 0.3 is 0 Å². The Morgan fingerprint density at radius 3 is 2.79 bits per heavy atom. The molecule has 0 saturated heterocycles. The first-order chi connectivity index (χ1) is 13.7. The lowest BCUT2D eigenvalue weighted by Gasteiger charge is -2.14. The average molecular weight is 370 g/mol. The highest BCUT2D eigenvalue weighted by molar-refractivity contribution is 5.81. The first-order valence-electron chi connectivity index (χ1n) is 9.21. The lowest BCUT2D eigenvalue weighted by atomic mass is 10.1. The van der Waals surface area contributed by atoms with Crippen molar-refractivity contribution in [2.75, 3.05) is 17.2 Å². The number of rotatable bonds is 7. The van der Waals surface area contributed by atoms with Gasteiger partial charge in [0.2, 0.25) is 5.95 Å². The van der Waals surface area contributed by atoms with Crippen molar-refractivity contribution in [2.45, 2.75) is 13.0 Å². The Morgan fingerprint density at radius 2 is 1.96 bits per heavy atom. The maximum atomic E-state index is 4.69. The first kappa shape index (κ1) is 17.7. The van der Waals surface area contributed by atoms with Crippen molar-refractivity contribution in [3.63, 3.8) is 0 Å². The minimum absolute atomic E-state index is 0.102.